The number of hydrogen-bond acceptors (Lipinski definition) is 1. The summed E-state index contributed by atoms with van der Waals surface area (Å²) in [7, 11) is 1.93. The Kier molecular flexibility index (Phi) is 4.30. The lowest BCUT2D eigenvalue weighted by Gasteiger charge is -2.15. The third-order valence-corrected chi connectivity index (χ3v) is 4.20. The molecule has 0 atom stereocenters. The molecule has 0 fully saturated rings. The standard InChI is InChI=1S/C15H19BrN2O/c1-4-11(5-2)17-15(19)13-9-10-7-6-8-12(16)14(10)18(13)3/h6-9,11H,4-5H2,1-3H3,(H,17,19). The van der Waals surface area contributed by atoms with E-state index in [1.54, 1.807) is 0 Å². The first-order chi connectivity index (χ1) is 9.08. The molecule has 0 aliphatic carbocycles. The number of rotatable bonds is 4. The van der Waals surface area contributed by atoms with Crippen molar-refractivity contribution in [2.45, 2.75) is 32.7 Å². The van der Waals surface area contributed by atoms with Crippen LogP contribution in [0.1, 0.15) is 37.2 Å². The van der Waals surface area contributed by atoms with Crippen LogP contribution >= 0.6 is 15.9 Å². The van der Waals surface area contributed by atoms with Crippen molar-refractivity contribution in [3.8, 4) is 0 Å². The van der Waals surface area contributed by atoms with E-state index >= 15 is 0 Å². The minimum absolute atomic E-state index is 0.000648. The zero-order chi connectivity index (χ0) is 14.0. The molecule has 4 heteroatoms. The molecule has 0 spiro atoms. The fourth-order valence-corrected chi connectivity index (χ4v) is 2.98. The molecule has 2 rings (SSSR count). The van der Waals surface area contributed by atoms with E-state index < -0.39 is 0 Å². The molecule has 102 valence electrons. The molecular weight excluding hydrogens is 304 g/mol. The van der Waals surface area contributed by atoms with Crippen LogP contribution in [0.4, 0.5) is 0 Å². The van der Waals surface area contributed by atoms with Gasteiger partial charge >= 0.3 is 0 Å². The highest BCUT2D eigenvalue weighted by Gasteiger charge is 2.16. The van der Waals surface area contributed by atoms with Crippen LogP contribution in [-0.4, -0.2) is 16.5 Å². The van der Waals surface area contributed by atoms with Crippen molar-refractivity contribution in [3.63, 3.8) is 0 Å². The van der Waals surface area contributed by atoms with Gasteiger partial charge in [0.25, 0.3) is 5.91 Å². The maximum atomic E-state index is 12.3. The van der Waals surface area contributed by atoms with Crippen LogP contribution in [-0.2, 0) is 7.05 Å². The zero-order valence-electron chi connectivity index (χ0n) is 11.5. The van der Waals surface area contributed by atoms with E-state index in [2.05, 4.69) is 35.1 Å². The van der Waals surface area contributed by atoms with Gasteiger partial charge in [-0.1, -0.05) is 26.0 Å². The predicted molar refractivity (Wildman–Crippen MR) is 82.5 cm³/mol. The number of carbonyl (C=O) groups excluding carboxylic acids is 1. The third-order valence-electron chi connectivity index (χ3n) is 3.56. The number of aromatic nitrogens is 1. The van der Waals surface area contributed by atoms with Gasteiger partial charge in [0.1, 0.15) is 5.69 Å². The van der Waals surface area contributed by atoms with Crippen LogP contribution < -0.4 is 5.32 Å². The summed E-state index contributed by atoms with van der Waals surface area (Å²) in [6, 6.07) is 8.18. The summed E-state index contributed by atoms with van der Waals surface area (Å²) in [5.41, 5.74) is 1.76. The Morgan fingerprint density at radius 3 is 2.63 bits per heavy atom. The first kappa shape index (κ1) is 14.1. The van der Waals surface area contributed by atoms with E-state index in [4.69, 9.17) is 0 Å². The number of amides is 1. The van der Waals surface area contributed by atoms with E-state index in [9.17, 15) is 4.79 Å². The maximum Gasteiger partial charge on any atom is 0.268 e. The molecule has 0 saturated heterocycles. The molecule has 2 aromatic rings. The van der Waals surface area contributed by atoms with Crippen LogP contribution in [0.15, 0.2) is 28.7 Å². The highest BCUT2D eigenvalue weighted by atomic mass is 79.9. The van der Waals surface area contributed by atoms with E-state index in [0.717, 1.165) is 28.2 Å². The average molecular weight is 323 g/mol. The number of nitrogens with zero attached hydrogens (tertiary/aromatic N) is 1. The second-order valence-electron chi connectivity index (χ2n) is 4.75. The molecule has 1 aromatic heterocycles. The molecule has 19 heavy (non-hydrogen) atoms. The first-order valence-electron chi connectivity index (χ1n) is 6.63. The summed E-state index contributed by atoms with van der Waals surface area (Å²) in [6.45, 7) is 4.18. The van der Waals surface area contributed by atoms with Crippen LogP contribution in [0.5, 0.6) is 0 Å². The Labute approximate surface area is 122 Å². The van der Waals surface area contributed by atoms with Gasteiger partial charge in [-0.2, -0.15) is 0 Å². The number of fused-ring (bicyclic) bond motifs is 1. The molecule has 0 unspecified atom stereocenters. The fourth-order valence-electron chi connectivity index (χ4n) is 2.34. The predicted octanol–water partition coefficient (Wildman–Crippen LogP) is 3.86. The number of hydrogen-bond donors (Lipinski definition) is 1. The molecule has 1 heterocycles. The third kappa shape index (κ3) is 2.68. The Balaban J connectivity index is 2.38. The fraction of sp³-hybridized carbons (Fsp3) is 0.400. The van der Waals surface area contributed by atoms with Gasteiger partial charge in [-0.25, -0.2) is 0 Å². The number of para-hydroxylation sites is 1. The number of aryl methyl sites for hydroxylation is 1. The Hall–Kier alpha value is -1.29. The average Bonchev–Trinajstić information content (AvgIpc) is 2.74. The van der Waals surface area contributed by atoms with Gasteiger partial charge in [0.15, 0.2) is 0 Å². The quantitative estimate of drug-likeness (QED) is 0.911. The smallest absolute Gasteiger partial charge is 0.268 e. The van der Waals surface area contributed by atoms with Crippen molar-refractivity contribution in [3.05, 3.63) is 34.4 Å². The number of carbonyl (C=O) groups is 1. The van der Waals surface area contributed by atoms with Crippen LogP contribution in [0.2, 0.25) is 0 Å². The molecule has 0 bridgehead atoms. The lowest BCUT2D eigenvalue weighted by molar-refractivity contribution is 0.0927. The summed E-state index contributed by atoms with van der Waals surface area (Å²) in [6.07, 6.45) is 1.91. The van der Waals surface area contributed by atoms with Gasteiger partial charge in [0.2, 0.25) is 0 Å². The number of nitrogens with one attached hydrogen (secondary N) is 1. The molecular formula is C15H19BrN2O. The molecule has 1 aromatic carbocycles. The van der Waals surface area contributed by atoms with Crippen molar-refractivity contribution < 1.29 is 4.79 Å². The summed E-state index contributed by atoms with van der Waals surface area (Å²) < 4.78 is 2.95. The summed E-state index contributed by atoms with van der Waals surface area (Å²) in [5, 5.41) is 4.15. The second-order valence-corrected chi connectivity index (χ2v) is 5.61. The van der Waals surface area contributed by atoms with Crippen molar-refractivity contribution in [2.24, 2.45) is 7.05 Å². The minimum atomic E-state index is -0.000648. The molecule has 1 amide bonds. The Bertz CT molecular complexity index is 599. The SMILES string of the molecule is CCC(CC)NC(=O)c1cc2cccc(Br)c2n1C. The lowest BCUT2D eigenvalue weighted by Crippen LogP contribution is -2.34. The second kappa shape index (κ2) is 5.78. The molecule has 3 nitrogen and oxygen atoms in total. The van der Waals surface area contributed by atoms with Gasteiger partial charge in [-0.05, 0) is 40.9 Å². The Morgan fingerprint density at radius 1 is 1.37 bits per heavy atom. The molecule has 0 radical (unpaired) electrons. The normalized spacial score (nSPS) is 11.2. The van der Waals surface area contributed by atoms with E-state index in [1.165, 1.54) is 0 Å². The van der Waals surface area contributed by atoms with Crippen molar-refractivity contribution >= 4 is 32.7 Å². The Morgan fingerprint density at radius 2 is 2.05 bits per heavy atom. The highest BCUT2D eigenvalue weighted by Crippen LogP contribution is 2.26. The van der Waals surface area contributed by atoms with Crippen LogP contribution in [0.3, 0.4) is 0 Å². The number of halogens is 1. The lowest BCUT2D eigenvalue weighted by atomic mass is 10.1. The maximum absolute atomic E-state index is 12.3. The first-order valence-corrected chi connectivity index (χ1v) is 7.42. The molecule has 0 aliphatic rings. The van der Waals surface area contributed by atoms with Gasteiger partial charge in [-0.15, -0.1) is 0 Å². The van der Waals surface area contributed by atoms with E-state index in [0.29, 0.717) is 5.69 Å². The minimum Gasteiger partial charge on any atom is -0.348 e. The topological polar surface area (TPSA) is 34.0 Å². The van der Waals surface area contributed by atoms with E-state index in [-0.39, 0.29) is 11.9 Å². The highest BCUT2D eigenvalue weighted by molar-refractivity contribution is 9.10. The van der Waals surface area contributed by atoms with Gasteiger partial charge < -0.3 is 9.88 Å². The van der Waals surface area contributed by atoms with Crippen LogP contribution in [0, 0.1) is 0 Å². The zero-order valence-corrected chi connectivity index (χ0v) is 13.1. The summed E-state index contributed by atoms with van der Waals surface area (Å²) in [4.78, 5) is 12.3. The van der Waals surface area contributed by atoms with Crippen molar-refractivity contribution in [1.82, 2.24) is 9.88 Å². The molecule has 0 aliphatic heterocycles. The molecule has 1 N–H and O–H groups in total. The van der Waals surface area contributed by atoms with Gasteiger partial charge in [0.05, 0.1) is 5.52 Å². The van der Waals surface area contributed by atoms with Crippen molar-refractivity contribution in [1.29, 1.82) is 0 Å². The largest absolute Gasteiger partial charge is 0.348 e. The number of benzene rings is 1. The molecule has 0 saturated carbocycles. The monoisotopic (exact) mass is 322 g/mol. The van der Waals surface area contributed by atoms with Crippen LogP contribution in [0.25, 0.3) is 10.9 Å². The van der Waals surface area contributed by atoms with Crippen molar-refractivity contribution in [2.75, 3.05) is 0 Å². The van der Waals surface area contributed by atoms with Gasteiger partial charge in [-0.3, -0.25) is 4.79 Å². The summed E-state index contributed by atoms with van der Waals surface area (Å²) in [5.74, 6) is -0.000648. The van der Waals surface area contributed by atoms with E-state index in [1.807, 2.05) is 35.9 Å². The van der Waals surface area contributed by atoms with Gasteiger partial charge in [0, 0.05) is 22.9 Å². The summed E-state index contributed by atoms with van der Waals surface area (Å²) >= 11 is 3.54.